The Labute approximate surface area is 152 Å². The Hall–Kier alpha value is -3.59. The molecule has 4 nitrogen and oxygen atoms in total. The Balaban J connectivity index is 2.22. The Morgan fingerprint density at radius 1 is 1.00 bits per heavy atom. The molecular weight excluding hydrogens is 324 g/mol. The summed E-state index contributed by atoms with van der Waals surface area (Å²) < 4.78 is 5.39. The van der Waals surface area contributed by atoms with Gasteiger partial charge in [0.1, 0.15) is 12.1 Å². The van der Waals surface area contributed by atoms with Crippen LogP contribution < -0.4 is 0 Å². The average Bonchev–Trinajstić information content (AvgIpc) is 3.00. The van der Waals surface area contributed by atoms with Crippen molar-refractivity contribution in [2.24, 2.45) is 0 Å². The molecule has 0 N–H and O–H groups in total. The van der Waals surface area contributed by atoms with Crippen LogP contribution in [0.4, 0.5) is 0 Å². The normalized spacial score (nSPS) is 10.8. The average molecular weight is 340 g/mol. The maximum atomic E-state index is 12.6. The van der Waals surface area contributed by atoms with E-state index in [2.05, 4.69) is 5.73 Å². The van der Waals surface area contributed by atoms with Crippen molar-refractivity contribution in [3.63, 3.8) is 0 Å². The number of benzene rings is 2. The number of fused-ring (bicyclic) bond motifs is 3. The third-order valence-electron chi connectivity index (χ3n) is 4.22. The molecule has 0 heterocycles. The third-order valence-corrected chi connectivity index (χ3v) is 4.22. The highest BCUT2D eigenvalue weighted by Gasteiger charge is 2.28. The monoisotopic (exact) mass is 340 g/mol. The molecule has 2 aromatic rings. The largest absolute Gasteiger partial charge is 0.462 e. The highest BCUT2D eigenvalue weighted by molar-refractivity contribution is 6.09. The maximum Gasteiger partial charge on any atom is 0.338 e. The number of esters is 1. The van der Waals surface area contributed by atoms with Crippen LogP contribution in [0.2, 0.25) is 0 Å². The van der Waals surface area contributed by atoms with Gasteiger partial charge in [-0.3, -0.25) is 0 Å². The molecule has 26 heavy (non-hydrogen) atoms. The van der Waals surface area contributed by atoms with E-state index in [0.29, 0.717) is 17.7 Å². The Bertz CT molecular complexity index is 1010. The topological polar surface area (TPSA) is 73.9 Å². The van der Waals surface area contributed by atoms with E-state index in [9.17, 15) is 4.79 Å². The fourth-order valence-corrected chi connectivity index (χ4v) is 3.01. The van der Waals surface area contributed by atoms with Gasteiger partial charge in [-0.05, 0) is 29.2 Å². The van der Waals surface area contributed by atoms with Gasteiger partial charge in [0.2, 0.25) is 0 Å². The lowest BCUT2D eigenvalue weighted by molar-refractivity contribution is 0.0500. The first-order valence-electron chi connectivity index (χ1n) is 8.42. The Kier molecular flexibility index (Phi) is 4.99. The summed E-state index contributed by atoms with van der Waals surface area (Å²) >= 11 is 0. The second-order valence-corrected chi connectivity index (χ2v) is 5.86. The number of carbonyl (C=O) groups is 1. The summed E-state index contributed by atoms with van der Waals surface area (Å²) in [6.07, 6.45) is 1.77. The van der Waals surface area contributed by atoms with Crippen molar-refractivity contribution in [1.82, 2.24) is 0 Å². The van der Waals surface area contributed by atoms with Gasteiger partial charge in [0.15, 0.2) is 5.57 Å². The molecule has 2 aromatic carbocycles. The van der Waals surface area contributed by atoms with E-state index in [1.54, 1.807) is 12.1 Å². The summed E-state index contributed by atoms with van der Waals surface area (Å²) in [6.45, 7) is 2.42. The molecule has 0 saturated carbocycles. The number of allylic oxidation sites excluding steroid dienone is 1. The minimum absolute atomic E-state index is 0.0985. The van der Waals surface area contributed by atoms with E-state index in [4.69, 9.17) is 15.3 Å². The molecule has 0 bridgehead atoms. The van der Waals surface area contributed by atoms with Crippen LogP contribution >= 0.6 is 0 Å². The van der Waals surface area contributed by atoms with Crippen molar-refractivity contribution < 1.29 is 9.53 Å². The van der Waals surface area contributed by atoms with E-state index in [-0.39, 0.29) is 11.5 Å². The van der Waals surface area contributed by atoms with Gasteiger partial charge in [0, 0.05) is 11.1 Å². The first-order valence-corrected chi connectivity index (χ1v) is 8.42. The predicted molar refractivity (Wildman–Crippen MR) is 97.8 cm³/mol. The van der Waals surface area contributed by atoms with E-state index < -0.39 is 0 Å². The van der Waals surface area contributed by atoms with Crippen LogP contribution in [0.25, 0.3) is 16.7 Å². The molecule has 4 heteroatoms. The van der Waals surface area contributed by atoms with Gasteiger partial charge >= 0.3 is 5.97 Å². The van der Waals surface area contributed by atoms with E-state index in [1.807, 2.05) is 49.4 Å². The minimum Gasteiger partial charge on any atom is -0.462 e. The molecule has 3 rings (SSSR count). The lowest BCUT2D eigenvalue weighted by Crippen LogP contribution is -2.08. The van der Waals surface area contributed by atoms with Crippen LogP contribution in [-0.4, -0.2) is 12.6 Å². The lowest BCUT2D eigenvalue weighted by Gasteiger charge is -2.09. The molecule has 0 aromatic heterocycles. The molecule has 0 amide bonds. The second-order valence-electron chi connectivity index (χ2n) is 5.86. The van der Waals surface area contributed by atoms with Crippen LogP contribution in [0, 0.1) is 22.7 Å². The summed E-state index contributed by atoms with van der Waals surface area (Å²) in [5.41, 5.74) is 7.21. The lowest BCUT2D eigenvalue weighted by atomic mass is 9.99. The van der Waals surface area contributed by atoms with Crippen LogP contribution in [0.1, 0.15) is 41.3 Å². The fraction of sp³-hybridized carbons (Fsp3) is 0.182. The minimum atomic E-state index is -0.365. The van der Waals surface area contributed by atoms with Gasteiger partial charge < -0.3 is 4.74 Å². The zero-order chi connectivity index (χ0) is 18.5. The van der Waals surface area contributed by atoms with E-state index >= 15 is 0 Å². The van der Waals surface area contributed by atoms with E-state index in [1.165, 1.54) is 0 Å². The maximum absolute atomic E-state index is 12.6. The molecule has 0 saturated heterocycles. The Morgan fingerprint density at radius 2 is 1.69 bits per heavy atom. The van der Waals surface area contributed by atoms with Gasteiger partial charge in [-0.25, -0.2) is 4.79 Å². The smallest absolute Gasteiger partial charge is 0.338 e. The molecular formula is C22H16N2O2. The number of unbranched alkanes of at least 4 members (excludes halogenated alkanes) is 1. The summed E-state index contributed by atoms with van der Waals surface area (Å²) in [5, 5.41) is 18.2. The first kappa shape index (κ1) is 17.2. The van der Waals surface area contributed by atoms with Gasteiger partial charge in [0.25, 0.3) is 0 Å². The van der Waals surface area contributed by atoms with Gasteiger partial charge in [-0.1, -0.05) is 55.5 Å². The SMILES string of the molecule is CCCCOC(=O)c1cccc2c1-c1ccccc1C2=C=C(C#N)C#N. The van der Waals surface area contributed by atoms with Crippen molar-refractivity contribution in [1.29, 1.82) is 10.5 Å². The highest BCUT2D eigenvalue weighted by atomic mass is 16.5. The van der Waals surface area contributed by atoms with Gasteiger partial charge in [-0.2, -0.15) is 10.5 Å². The third kappa shape index (κ3) is 3.03. The van der Waals surface area contributed by atoms with Crippen LogP contribution in [-0.2, 0) is 4.74 Å². The number of nitriles is 2. The van der Waals surface area contributed by atoms with Crippen molar-refractivity contribution in [3.8, 4) is 23.3 Å². The second kappa shape index (κ2) is 7.53. The molecule has 0 spiro atoms. The van der Waals surface area contributed by atoms with Crippen LogP contribution in [0.15, 0.2) is 53.8 Å². The number of carbonyl (C=O) groups excluding carboxylic acids is 1. The number of rotatable bonds is 4. The summed E-state index contributed by atoms with van der Waals surface area (Å²) in [5.74, 6) is -0.365. The van der Waals surface area contributed by atoms with Crippen molar-refractivity contribution in [2.45, 2.75) is 19.8 Å². The molecule has 0 radical (unpaired) electrons. The Morgan fingerprint density at radius 3 is 2.38 bits per heavy atom. The molecule has 0 atom stereocenters. The summed E-state index contributed by atoms with van der Waals surface area (Å²) in [7, 11) is 0. The zero-order valence-electron chi connectivity index (χ0n) is 14.4. The highest BCUT2D eigenvalue weighted by Crippen LogP contribution is 2.45. The molecule has 0 unspecified atom stereocenters. The van der Waals surface area contributed by atoms with Gasteiger partial charge in [-0.15, -0.1) is 0 Å². The molecule has 0 aliphatic heterocycles. The first-order chi connectivity index (χ1) is 12.7. The summed E-state index contributed by atoms with van der Waals surface area (Å²) in [6, 6.07) is 16.7. The van der Waals surface area contributed by atoms with Crippen LogP contribution in [0.3, 0.4) is 0 Å². The number of nitrogens with zero attached hydrogens (tertiary/aromatic N) is 2. The number of hydrogen-bond donors (Lipinski definition) is 0. The summed E-state index contributed by atoms with van der Waals surface area (Å²) in [4.78, 5) is 12.6. The molecule has 1 aliphatic carbocycles. The van der Waals surface area contributed by atoms with Crippen molar-refractivity contribution in [3.05, 3.63) is 70.5 Å². The molecule has 126 valence electrons. The number of hydrogen-bond acceptors (Lipinski definition) is 4. The predicted octanol–water partition coefficient (Wildman–Crippen LogP) is 4.63. The fourth-order valence-electron chi connectivity index (χ4n) is 3.01. The van der Waals surface area contributed by atoms with Crippen LogP contribution in [0.5, 0.6) is 0 Å². The number of ether oxygens (including phenoxy) is 1. The van der Waals surface area contributed by atoms with E-state index in [0.717, 1.165) is 35.1 Å². The van der Waals surface area contributed by atoms with Crippen molar-refractivity contribution in [2.75, 3.05) is 6.61 Å². The molecule has 0 fully saturated rings. The van der Waals surface area contributed by atoms with Gasteiger partial charge in [0.05, 0.1) is 12.2 Å². The standard InChI is InChI=1S/C22H16N2O2/c1-2-3-11-26-22(25)19-10-6-9-18-20(12-15(13-23)14-24)16-7-4-5-8-17(16)21(18)19/h4-10H,2-3,11H2,1H3. The zero-order valence-corrected chi connectivity index (χ0v) is 14.4. The molecule has 1 aliphatic rings. The van der Waals surface area contributed by atoms with Crippen molar-refractivity contribution >= 4 is 11.5 Å². The quantitative estimate of drug-likeness (QED) is 0.300.